The normalized spacial score (nSPS) is 19.7. The van der Waals surface area contributed by atoms with Crippen molar-refractivity contribution in [2.24, 2.45) is 11.8 Å². The maximum atomic E-state index is 12.2. The monoisotopic (exact) mass is 414 g/mol. The predicted octanol–water partition coefficient (Wildman–Crippen LogP) is 3.61. The van der Waals surface area contributed by atoms with E-state index >= 15 is 0 Å². The Bertz CT molecular complexity index is 869. The summed E-state index contributed by atoms with van der Waals surface area (Å²) in [5, 5.41) is 8.01. The van der Waals surface area contributed by atoms with E-state index in [1.54, 1.807) is 6.07 Å². The first-order valence-corrected chi connectivity index (χ1v) is 11.0. The molecule has 0 aliphatic carbocycles. The molecule has 6 nitrogen and oxygen atoms in total. The highest BCUT2D eigenvalue weighted by atomic mass is 32.1. The zero-order valence-electron chi connectivity index (χ0n) is 17.6. The van der Waals surface area contributed by atoms with Crippen molar-refractivity contribution in [3.8, 4) is 0 Å². The number of piperidine rings is 1. The van der Waals surface area contributed by atoms with Crippen LogP contribution in [-0.4, -0.2) is 41.3 Å². The Morgan fingerprint density at radius 1 is 1.17 bits per heavy atom. The number of thiazole rings is 1. The lowest BCUT2D eigenvalue weighted by Crippen LogP contribution is -2.38. The summed E-state index contributed by atoms with van der Waals surface area (Å²) >= 11 is 1.42. The Labute approximate surface area is 176 Å². The predicted molar refractivity (Wildman–Crippen MR) is 117 cm³/mol. The molecule has 2 N–H and O–H groups in total. The SMILES string of the molecule is Cc1ccc(C(=O)NCC(=O)Nc2nc(CN3C[C@@H](C)C[C@H](C)C3)cs2)cc1C. The van der Waals surface area contributed by atoms with Crippen LogP contribution in [0.3, 0.4) is 0 Å². The molecule has 2 atom stereocenters. The van der Waals surface area contributed by atoms with Crippen molar-refractivity contribution in [1.82, 2.24) is 15.2 Å². The summed E-state index contributed by atoms with van der Waals surface area (Å²) < 4.78 is 0. The first-order valence-electron chi connectivity index (χ1n) is 10.1. The molecule has 1 saturated heterocycles. The largest absolute Gasteiger partial charge is 0.343 e. The minimum atomic E-state index is -0.275. The summed E-state index contributed by atoms with van der Waals surface area (Å²) in [6, 6.07) is 5.51. The molecule has 1 aliphatic heterocycles. The molecule has 0 bridgehead atoms. The van der Waals surface area contributed by atoms with E-state index in [2.05, 4.69) is 34.4 Å². The molecule has 7 heteroatoms. The minimum Gasteiger partial charge on any atom is -0.343 e. The molecular weight excluding hydrogens is 384 g/mol. The fraction of sp³-hybridized carbons (Fsp3) is 0.500. The number of nitrogens with one attached hydrogen (secondary N) is 2. The van der Waals surface area contributed by atoms with Crippen molar-refractivity contribution < 1.29 is 9.59 Å². The number of nitrogens with zero attached hydrogens (tertiary/aromatic N) is 2. The smallest absolute Gasteiger partial charge is 0.251 e. The van der Waals surface area contributed by atoms with Crippen LogP contribution in [-0.2, 0) is 11.3 Å². The van der Waals surface area contributed by atoms with E-state index in [0.29, 0.717) is 22.5 Å². The number of aromatic nitrogens is 1. The summed E-state index contributed by atoms with van der Waals surface area (Å²) in [6.45, 7) is 11.5. The maximum absolute atomic E-state index is 12.2. The fourth-order valence-corrected chi connectivity index (χ4v) is 4.61. The van der Waals surface area contributed by atoms with Crippen LogP contribution in [0, 0.1) is 25.7 Å². The van der Waals surface area contributed by atoms with Gasteiger partial charge in [-0.25, -0.2) is 4.98 Å². The molecule has 1 aliphatic rings. The molecule has 0 radical (unpaired) electrons. The summed E-state index contributed by atoms with van der Waals surface area (Å²) in [4.78, 5) is 31.4. The number of carbonyl (C=O) groups is 2. The van der Waals surface area contributed by atoms with Gasteiger partial charge in [-0.15, -0.1) is 11.3 Å². The van der Waals surface area contributed by atoms with Gasteiger partial charge in [-0.3, -0.25) is 14.5 Å². The van der Waals surface area contributed by atoms with E-state index in [1.807, 2.05) is 31.4 Å². The van der Waals surface area contributed by atoms with Crippen LogP contribution in [0.15, 0.2) is 23.6 Å². The molecule has 0 saturated carbocycles. The summed E-state index contributed by atoms with van der Waals surface area (Å²) in [5.41, 5.74) is 3.72. The first kappa shape index (κ1) is 21.5. The third-order valence-electron chi connectivity index (χ3n) is 5.31. The van der Waals surface area contributed by atoms with Crippen molar-refractivity contribution in [2.45, 2.75) is 40.7 Å². The van der Waals surface area contributed by atoms with Gasteiger partial charge in [0.05, 0.1) is 12.2 Å². The van der Waals surface area contributed by atoms with Gasteiger partial charge in [0.1, 0.15) is 0 Å². The van der Waals surface area contributed by atoms with Gasteiger partial charge in [0.2, 0.25) is 5.91 Å². The van der Waals surface area contributed by atoms with Crippen molar-refractivity contribution in [1.29, 1.82) is 0 Å². The third kappa shape index (κ3) is 6.11. The van der Waals surface area contributed by atoms with Gasteiger partial charge in [0, 0.05) is 30.6 Å². The second-order valence-corrected chi connectivity index (χ2v) is 9.17. The van der Waals surface area contributed by atoms with E-state index in [1.165, 1.54) is 17.8 Å². The first-order chi connectivity index (χ1) is 13.8. The molecular formula is C22H30N4O2S. The van der Waals surface area contributed by atoms with Crippen LogP contribution < -0.4 is 10.6 Å². The van der Waals surface area contributed by atoms with Crippen LogP contribution in [0.25, 0.3) is 0 Å². The van der Waals surface area contributed by atoms with Crippen molar-refractivity contribution in [3.05, 3.63) is 46.0 Å². The maximum Gasteiger partial charge on any atom is 0.251 e. The second kappa shape index (κ2) is 9.50. The molecule has 2 heterocycles. The van der Waals surface area contributed by atoms with Crippen molar-refractivity contribution in [3.63, 3.8) is 0 Å². The summed E-state index contributed by atoms with van der Waals surface area (Å²) in [5.74, 6) is 0.884. The average molecular weight is 415 g/mol. The quantitative estimate of drug-likeness (QED) is 0.757. The number of amides is 2. The molecule has 2 aromatic rings. The van der Waals surface area contributed by atoms with Crippen molar-refractivity contribution in [2.75, 3.05) is 25.0 Å². The second-order valence-electron chi connectivity index (χ2n) is 8.31. The zero-order chi connectivity index (χ0) is 21.0. The van der Waals surface area contributed by atoms with Gasteiger partial charge >= 0.3 is 0 Å². The van der Waals surface area contributed by atoms with E-state index in [9.17, 15) is 9.59 Å². The molecule has 0 spiro atoms. The number of rotatable bonds is 6. The van der Waals surface area contributed by atoms with E-state index < -0.39 is 0 Å². The standard InChI is InChI=1S/C22H30N4O2S/c1-14-7-15(2)11-26(10-14)12-19-13-29-22(24-19)25-20(27)9-23-21(28)18-6-5-16(3)17(4)8-18/h5-6,8,13-15H,7,9-12H2,1-4H3,(H,23,28)(H,24,25,27)/t14-,15-/m0/s1. The lowest BCUT2D eigenvalue weighted by Gasteiger charge is -2.34. The Kier molecular flexibility index (Phi) is 7.03. The Morgan fingerprint density at radius 2 is 1.90 bits per heavy atom. The van der Waals surface area contributed by atoms with Crippen molar-refractivity contribution >= 4 is 28.3 Å². The van der Waals surface area contributed by atoms with Gasteiger partial charge in [-0.05, 0) is 55.4 Å². The van der Waals surface area contributed by atoms with Gasteiger partial charge < -0.3 is 10.6 Å². The summed E-state index contributed by atoms with van der Waals surface area (Å²) in [6.07, 6.45) is 1.28. The third-order valence-corrected chi connectivity index (χ3v) is 6.11. The Balaban J connectivity index is 1.47. The highest BCUT2D eigenvalue weighted by Gasteiger charge is 2.22. The molecule has 1 aromatic heterocycles. The van der Waals surface area contributed by atoms with Crippen LogP contribution in [0.1, 0.15) is 47.4 Å². The van der Waals surface area contributed by atoms with Crippen LogP contribution in [0.2, 0.25) is 0 Å². The molecule has 156 valence electrons. The molecule has 2 amide bonds. The molecule has 1 aromatic carbocycles. The molecule has 29 heavy (non-hydrogen) atoms. The number of anilines is 1. The summed E-state index contributed by atoms with van der Waals surface area (Å²) in [7, 11) is 0. The molecule has 3 rings (SSSR count). The zero-order valence-corrected chi connectivity index (χ0v) is 18.4. The van der Waals surface area contributed by atoms with Gasteiger partial charge in [0.25, 0.3) is 5.91 Å². The van der Waals surface area contributed by atoms with Crippen LogP contribution >= 0.6 is 11.3 Å². The lowest BCUT2D eigenvalue weighted by atomic mass is 9.92. The Morgan fingerprint density at radius 3 is 2.59 bits per heavy atom. The fourth-order valence-electron chi connectivity index (χ4n) is 3.90. The Hall–Kier alpha value is -2.25. The highest BCUT2D eigenvalue weighted by Crippen LogP contribution is 2.23. The number of aryl methyl sites for hydroxylation is 2. The van der Waals surface area contributed by atoms with E-state index in [-0.39, 0.29) is 18.4 Å². The molecule has 0 unspecified atom stereocenters. The van der Waals surface area contributed by atoms with Crippen LogP contribution in [0.4, 0.5) is 5.13 Å². The number of carbonyl (C=O) groups excluding carboxylic acids is 2. The average Bonchev–Trinajstić information content (AvgIpc) is 3.07. The van der Waals surface area contributed by atoms with Gasteiger partial charge in [-0.1, -0.05) is 19.9 Å². The number of hydrogen-bond acceptors (Lipinski definition) is 5. The number of likely N-dealkylation sites (tertiary alicyclic amines) is 1. The van der Waals surface area contributed by atoms with E-state index in [0.717, 1.165) is 36.5 Å². The topological polar surface area (TPSA) is 74.3 Å². The van der Waals surface area contributed by atoms with Gasteiger partial charge in [0.15, 0.2) is 5.13 Å². The van der Waals surface area contributed by atoms with Gasteiger partial charge in [-0.2, -0.15) is 0 Å². The number of benzene rings is 1. The van der Waals surface area contributed by atoms with Crippen LogP contribution in [0.5, 0.6) is 0 Å². The lowest BCUT2D eigenvalue weighted by molar-refractivity contribution is -0.115. The molecule has 1 fully saturated rings. The highest BCUT2D eigenvalue weighted by molar-refractivity contribution is 7.13. The minimum absolute atomic E-state index is 0.0815. The van der Waals surface area contributed by atoms with E-state index in [4.69, 9.17) is 0 Å². The number of hydrogen-bond donors (Lipinski definition) is 2.